The minimum absolute atomic E-state index is 0.185. The van der Waals surface area contributed by atoms with Crippen LogP contribution in [0, 0.1) is 0 Å². The first-order chi connectivity index (χ1) is 14.3. The number of benzene rings is 1. The molecule has 0 aromatic heterocycles. The SMILES string of the molecule is CCCCCCCCCCCCCCNC1CCN(C(=O)c2ccccc2)CC1. The second kappa shape index (κ2) is 15.5. The molecule has 0 saturated carbocycles. The molecule has 0 radical (unpaired) electrons. The summed E-state index contributed by atoms with van der Waals surface area (Å²) < 4.78 is 0. The topological polar surface area (TPSA) is 32.3 Å². The Bertz CT molecular complexity index is 523. The molecular formula is C26H44N2O. The summed E-state index contributed by atoms with van der Waals surface area (Å²) in [4.78, 5) is 14.5. The molecular weight excluding hydrogens is 356 g/mol. The molecule has 0 spiro atoms. The van der Waals surface area contributed by atoms with E-state index in [-0.39, 0.29) is 5.91 Å². The van der Waals surface area contributed by atoms with Crippen LogP contribution < -0.4 is 5.32 Å². The lowest BCUT2D eigenvalue weighted by molar-refractivity contribution is 0.0705. The van der Waals surface area contributed by atoms with Crippen LogP contribution >= 0.6 is 0 Å². The summed E-state index contributed by atoms with van der Waals surface area (Å²) in [6.07, 6.45) is 19.0. The Balaban J connectivity index is 1.39. The Hall–Kier alpha value is -1.35. The van der Waals surface area contributed by atoms with Crippen molar-refractivity contribution in [2.45, 2.75) is 103 Å². The van der Waals surface area contributed by atoms with Gasteiger partial charge in [-0.2, -0.15) is 0 Å². The standard InChI is InChI=1S/C26H44N2O/c1-2-3-4-5-6-7-8-9-10-11-12-16-21-27-25-19-22-28(23-20-25)26(29)24-17-14-13-15-18-24/h13-15,17-18,25,27H,2-12,16,19-23H2,1H3. The molecule has 0 aliphatic carbocycles. The third-order valence-corrected chi connectivity index (χ3v) is 6.27. The van der Waals surface area contributed by atoms with Gasteiger partial charge in [0.1, 0.15) is 0 Å². The van der Waals surface area contributed by atoms with E-state index in [1.807, 2.05) is 35.2 Å². The Morgan fingerprint density at radius 3 is 1.90 bits per heavy atom. The number of amides is 1. The van der Waals surface area contributed by atoms with Crippen molar-refractivity contribution in [1.29, 1.82) is 0 Å². The summed E-state index contributed by atoms with van der Waals surface area (Å²) in [6.45, 7) is 5.18. The number of carbonyl (C=O) groups excluding carboxylic acids is 1. The first-order valence-electron chi connectivity index (χ1n) is 12.4. The van der Waals surface area contributed by atoms with E-state index >= 15 is 0 Å². The zero-order valence-electron chi connectivity index (χ0n) is 18.8. The van der Waals surface area contributed by atoms with Crippen LogP contribution in [-0.4, -0.2) is 36.5 Å². The van der Waals surface area contributed by atoms with Crippen LogP contribution in [0.4, 0.5) is 0 Å². The van der Waals surface area contributed by atoms with Crippen molar-refractivity contribution in [2.75, 3.05) is 19.6 Å². The fraction of sp³-hybridized carbons (Fsp3) is 0.731. The summed E-state index contributed by atoms with van der Waals surface area (Å²) >= 11 is 0. The number of hydrogen-bond acceptors (Lipinski definition) is 2. The second-order valence-corrected chi connectivity index (χ2v) is 8.78. The molecule has 0 atom stereocenters. The minimum atomic E-state index is 0.185. The molecule has 1 aromatic rings. The average Bonchev–Trinajstić information content (AvgIpc) is 2.77. The number of hydrogen-bond donors (Lipinski definition) is 1. The van der Waals surface area contributed by atoms with E-state index < -0.39 is 0 Å². The highest BCUT2D eigenvalue weighted by Crippen LogP contribution is 2.15. The van der Waals surface area contributed by atoms with Crippen molar-refractivity contribution in [2.24, 2.45) is 0 Å². The molecule has 1 aliphatic rings. The highest BCUT2D eigenvalue weighted by Gasteiger charge is 2.22. The van der Waals surface area contributed by atoms with E-state index in [0.717, 1.165) is 38.0 Å². The van der Waals surface area contributed by atoms with Crippen molar-refractivity contribution in [3.63, 3.8) is 0 Å². The fourth-order valence-corrected chi connectivity index (χ4v) is 4.32. The molecule has 29 heavy (non-hydrogen) atoms. The molecule has 1 saturated heterocycles. The van der Waals surface area contributed by atoms with Crippen molar-refractivity contribution in [3.05, 3.63) is 35.9 Å². The lowest BCUT2D eigenvalue weighted by Crippen LogP contribution is -2.45. The monoisotopic (exact) mass is 400 g/mol. The van der Waals surface area contributed by atoms with Gasteiger partial charge in [0.05, 0.1) is 0 Å². The second-order valence-electron chi connectivity index (χ2n) is 8.78. The third-order valence-electron chi connectivity index (χ3n) is 6.27. The summed E-state index contributed by atoms with van der Waals surface area (Å²) in [7, 11) is 0. The van der Waals surface area contributed by atoms with Gasteiger partial charge in [-0.05, 0) is 37.9 Å². The molecule has 1 aromatic carbocycles. The molecule has 0 unspecified atom stereocenters. The van der Waals surface area contributed by atoms with Crippen LogP contribution in [0.1, 0.15) is 107 Å². The maximum absolute atomic E-state index is 12.5. The van der Waals surface area contributed by atoms with Gasteiger partial charge < -0.3 is 10.2 Å². The summed E-state index contributed by atoms with van der Waals surface area (Å²) in [5.74, 6) is 0.185. The van der Waals surface area contributed by atoms with E-state index in [0.29, 0.717) is 6.04 Å². The summed E-state index contributed by atoms with van der Waals surface area (Å²) in [5.41, 5.74) is 0.815. The predicted octanol–water partition coefficient (Wildman–Crippen LogP) is 6.58. The number of likely N-dealkylation sites (tertiary alicyclic amines) is 1. The van der Waals surface area contributed by atoms with E-state index in [9.17, 15) is 4.79 Å². The number of rotatable bonds is 15. The normalized spacial score (nSPS) is 15.0. The van der Waals surface area contributed by atoms with Gasteiger partial charge in [-0.15, -0.1) is 0 Å². The molecule has 164 valence electrons. The smallest absolute Gasteiger partial charge is 0.253 e. The Labute approximate surface area is 179 Å². The lowest BCUT2D eigenvalue weighted by Gasteiger charge is -2.32. The van der Waals surface area contributed by atoms with Gasteiger partial charge in [-0.25, -0.2) is 0 Å². The van der Waals surface area contributed by atoms with Crippen LogP contribution in [0.15, 0.2) is 30.3 Å². The zero-order chi connectivity index (χ0) is 20.6. The van der Waals surface area contributed by atoms with Gasteiger partial charge in [0, 0.05) is 24.7 Å². The van der Waals surface area contributed by atoms with E-state index in [4.69, 9.17) is 0 Å². The molecule has 0 bridgehead atoms. The molecule has 3 heteroatoms. The van der Waals surface area contributed by atoms with Crippen LogP contribution in [0.3, 0.4) is 0 Å². The molecule has 1 fully saturated rings. The van der Waals surface area contributed by atoms with Crippen molar-refractivity contribution >= 4 is 5.91 Å². The first kappa shape index (κ1) is 23.9. The Morgan fingerprint density at radius 1 is 0.828 bits per heavy atom. The highest BCUT2D eigenvalue weighted by molar-refractivity contribution is 5.94. The third kappa shape index (κ3) is 10.3. The van der Waals surface area contributed by atoms with Crippen LogP contribution in [0.25, 0.3) is 0 Å². The number of carbonyl (C=O) groups is 1. The predicted molar refractivity (Wildman–Crippen MR) is 124 cm³/mol. The molecule has 3 nitrogen and oxygen atoms in total. The van der Waals surface area contributed by atoms with Crippen molar-refractivity contribution < 1.29 is 4.79 Å². The molecule has 1 N–H and O–H groups in total. The average molecular weight is 401 g/mol. The molecule has 1 amide bonds. The van der Waals surface area contributed by atoms with Crippen molar-refractivity contribution in [3.8, 4) is 0 Å². The maximum Gasteiger partial charge on any atom is 0.253 e. The lowest BCUT2D eigenvalue weighted by atomic mass is 10.0. The molecule has 1 heterocycles. The molecule has 1 aliphatic heterocycles. The molecule has 2 rings (SSSR count). The van der Waals surface area contributed by atoms with Gasteiger partial charge >= 0.3 is 0 Å². The fourth-order valence-electron chi connectivity index (χ4n) is 4.32. The number of nitrogens with one attached hydrogen (secondary N) is 1. The number of unbranched alkanes of at least 4 members (excludes halogenated alkanes) is 11. The first-order valence-corrected chi connectivity index (χ1v) is 12.4. The Morgan fingerprint density at radius 2 is 1.34 bits per heavy atom. The minimum Gasteiger partial charge on any atom is -0.339 e. The van der Waals surface area contributed by atoms with Gasteiger partial charge in [-0.1, -0.05) is 95.8 Å². The summed E-state index contributed by atoms with van der Waals surface area (Å²) in [5, 5.41) is 3.72. The quantitative estimate of drug-likeness (QED) is 0.337. The van der Waals surface area contributed by atoms with Gasteiger partial charge in [0.2, 0.25) is 0 Å². The van der Waals surface area contributed by atoms with Gasteiger partial charge in [-0.3, -0.25) is 4.79 Å². The summed E-state index contributed by atoms with van der Waals surface area (Å²) in [6, 6.07) is 10.3. The van der Waals surface area contributed by atoms with Crippen molar-refractivity contribution in [1.82, 2.24) is 10.2 Å². The van der Waals surface area contributed by atoms with Gasteiger partial charge in [0.15, 0.2) is 0 Å². The van der Waals surface area contributed by atoms with E-state index in [2.05, 4.69) is 12.2 Å². The largest absolute Gasteiger partial charge is 0.339 e. The van der Waals surface area contributed by atoms with E-state index in [1.165, 1.54) is 77.0 Å². The highest BCUT2D eigenvalue weighted by atomic mass is 16.2. The zero-order valence-corrected chi connectivity index (χ0v) is 18.8. The van der Waals surface area contributed by atoms with Crippen LogP contribution in [0.2, 0.25) is 0 Å². The Kier molecular flexibility index (Phi) is 12.8. The van der Waals surface area contributed by atoms with Crippen LogP contribution in [0.5, 0.6) is 0 Å². The maximum atomic E-state index is 12.5. The van der Waals surface area contributed by atoms with E-state index in [1.54, 1.807) is 0 Å². The number of piperidine rings is 1. The van der Waals surface area contributed by atoms with Gasteiger partial charge in [0.25, 0.3) is 5.91 Å². The van der Waals surface area contributed by atoms with Crippen LogP contribution in [-0.2, 0) is 0 Å². The number of nitrogens with zero attached hydrogens (tertiary/aromatic N) is 1.